The number of aromatic hydroxyl groups is 1. The Bertz CT molecular complexity index is 711. The number of methoxy groups -OCH3 is 1. The first kappa shape index (κ1) is 14.0. The SMILES string of the molecule is COc1cc(C#CC(=O)c2cccc(Cl)c2)ccc1O. The molecular formula is C16H11ClO3. The molecule has 0 spiro atoms. The zero-order valence-corrected chi connectivity index (χ0v) is 11.4. The fraction of sp³-hybridized carbons (Fsp3) is 0.0625. The molecule has 0 bridgehead atoms. The number of ether oxygens (including phenoxy) is 1. The van der Waals surface area contributed by atoms with Gasteiger partial charge in [-0.3, -0.25) is 4.79 Å². The van der Waals surface area contributed by atoms with Gasteiger partial charge in [0.2, 0.25) is 5.78 Å². The van der Waals surface area contributed by atoms with Crippen LogP contribution in [0.4, 0.5) is 0 Å². The highest BCUT2D eigenvalue weighted by Crippen LogP contribution is 2.25. The van der Waals surface area contributed by atoms with E-state index < -0.39 is 0 Å². The van der Waals surface area contributed by atoms with Crippen molar-refractivity contribution in [2.75, 3.05) is 7.11 Å². The third-order valence-electron chi connectivity index (χ3n) is 2.59. The van der Waals surface area contributed by atoms with Gasteiger partial charge in [0.1, 0.15) is 0 Å². The van der Waals surface area contributed by atoms with Gasteiger partial charge < -0.3 is 9.84 Å². The van der Waals surface area contributed by atoms with Crippen LogP contribution in [0.5, 0.6) is 11.5 Å². The van der Waals surface area contributed by atoms with E-state index in [4.69, 9.17) is 16.3 Å². The molecule has 0 atom stereocenters. The van der Waals surface area contributed by atoms with Gasteiger partial charge in [0.25, 0.3) is 0 Å². The maximum Gasteiger partial charge on any atom is 0.236 e. The van der Waals surface area contributed by atoms with Crippen molar-refractivity contribution < 1.29 is 14.6 Å². The predicted octanol–water partition coefficient (Wildman–Crippen LogP) is 3.29. The molecule has 0 aliphatic rings. The fourth-order valence-electron chi connectivity index (χ4n) is 1.59. The lowest BCUT2D eigenvalue weighted by molar-refractivity contribution is 0.105. The summed E-state index contributed by atoms with van der Waals surface area (Å²) in [5.74, 6) is 5.28. The summed E-state index contributed by atoms with van der Waals surface area (Å²) in [6.45, 7) is 0. The highest BCUT2D eigenvalue weighted by molar-refractivity contribution is 6.31. The second-order valence-corrected chi connectivity index (χ2v) is 4.41. The van der Waals surface area contributed by atoms with Crippen molar-refractivity contribution in [3.8, 4) is 23.3 Å². The molecule has 0 aliphatic heterocycles. The summed E-state index contributed by atoms with van der Waals surface area (Å²) in [7, 11) is 1.45. The quantitative estimate of drug-likeness (QED) is 0.681. The Balaban J connectivity index is 2.24. The van der Waals surface area contributed by atoms with E-state index in [9.17, 15) is 9.90 Å². The highest BCUT2D eigenvalue weighted by atomic mass is 35.5. The Morgan fingerprint density at radius 1 is 1.25 bits per heavy atom. The van der Waals surface area contributed by atoms with E-state index in [1.54, 1.807) is 36.4 Å². The minimum atomic E-state index is -0.320. The molecule has 20 heavy (non-hydrogen) atoms. The van der Waals surface area contributed by atoms with Gasteiger partial charge in [-0.25, -0.2) is 0 Å². The molecule has 3 nitrogen and oxygen atoms in total. The highest BCUT2D eigenvalue weighted by Gasteiger charge is 2.03. The number of carbonyl (C=O) groups is 1. The third-order valence-corrected chi connectivity index (χ3v) is 2.82. The summed E-state index contributed by atoms with van der Waals surface area (Å²) < 4.78 is 4.97. The normalized spacial score (nSPS) is 9.50. The van der Waals surface area contributed by atoms with Crippen LogP contribution in [0.15, 0.2) is 42.5 Å². The first-order chi connectivity index (χ1) is 9.60. The lowest BCUT2D eigenvalue weighted by atomic mass is 10.1. The largest absolute Gasteiger partial charge is 0.504 e. The summed E-state index contributed by atoms with van der Waals surface area (Å²) in [5, 5.41) is 9.96. The van der Waals surface area contributed by atoms with Gasteiger partial charge in [-0.05, 0) is 36.3 Å². The average Bonchev–Trinajstić information content (AvgIpc) is 2.46. The van der Waals surface area contributed by atoms with Gasteiger partial charge in [-0.2, -0.15) is 0 Å². The summed E-state index contributed by atoms with van der Waals surface area (Å²) >= 11 is 5.82. The van der Waals surface area contributed by atoms with E-state index in [1.165, 1.54) is 13.2 Å². The topological polar surface area (TPSA) is 46.5 Å². The fourth-order valence-corrected chi connectivity index (χ4v) is 1.78. The van der Waals surface area contributed by atoms with E-state index in [0.29, 0.717) is 21.9 Å². The van der Waals surface area contributed by atoms with Crippen molar-refractivity contribution in [3.63, 3.8) is 0 Å². The van der Waals surface area contributed by atoms with Gasteiger partial charge in [-0.15, -0.1) is 0 Å². The van der Waals surface area contributed by atoms with E-state index in [-0.39, 0.29) is 11.5 Å². The lowest BCUT2D eigenvalue weighted by Crippen LogP contribution is -1.94. The van der Waals surface area contributed by atoms with Crippen LogP contribution in [0.1, 0.15) is 15.9 Å². The zero-order chi connectivity index (χ0) is 14.5. The number of carbonyl (C=O) groups excluding carboxylic acids is 1. The molecule has 0 aliphatic carbocycles. The summed E-state index contributed by atoms with van der Waals surface area (Å²) in [6, 6.07) is 11.2. The number of Topliss-reactive ketones (excluding diaryl/α,β-unsaturated/α-hetero) is 1. The Morgan fingerprint density at radius 3 is 2.75 bits per heavy atom. The summed E-state index contributed by atoms with van der Waals surface area (Å²) in [6.07, 6.45) is 0. The number of ketones is 1. The van der Waals surface area contributed by atoms with Crippen LogP contribution in [0.3, 0.4) is 0 Å². The Hall–Kier alpha value is -2.44. The van der Waals surface area contributed by atoms with Crippen molar-refractivity contribution >= 4 is 17.4 Å². The van der Waals surface area contributed by atoms with E-state index in [1.807, 2.05) is 0 Å². The summed E-state index contributed by atoms with van der Waals surface area (Å²) in [5.41, 5.74) is 1.02. The number of hydrogen-bond donors (Lipinski definition) is 1. The van der Waals surface area contributed by atoms with Crippen LogP contribution in [0.2, 0.25) is 5.02 Å². The van der Waals surface area contributed by atoms with Gasteiger partial charge in [0.15, 0.2) is 11.5 Å². The Kier molecular flexibility index (Phi) is 4.29. The Morgan fingerprint density at radius 2 is 2.05 bits per heavy atom. The first-order valence-electron chi connectivity index (χ1n) is 5.79. The molecule has 0 amide bonds. The molecule has 2 aromatic carbocycles. The molecule has 1 N–H and O–H groups in total. The molecule has 0 unspecified atom stereocenters. The van der Waals surface area contributed by atoms with Crippen LogP contribution in [0.25, 0.3) is 0 Å². The predicted molar refractivity (Wildman–Crippen MR) is 77.3 cm³/mol. The molecule has 0 aromatic heterocycles. The number of halogens is 1. The third kappa shape index (κ3) is 3.31. The number of rotatable bonds is 2. The molecule has 100 valence electrons. The molecule has 0 saturated heterocycles. The van der Waals surface area contributed by atoms with Crippen LogP contribution >= 0.6 is 11.6 Å². The number of hydrogen-bond acceptors (Lipinski definition) is 3. The molecule has 0 radical (unpaired) electrons. The van der Waals surface area contributed by atoms with Gasteiger partial charge in [0, 0.05) is 16.1 Å². The smallest absolute Gasteiger partial charge is 0.236 e. The van der Waals surface area contributed by atoms with Gasteiger partial charge in [-0.1, -0.05) is 29.7 Å². The molecule has 0 saturated carbocycles. The minimum Gasteiger partial charge on any atom is -0.504 e. The second-order valence-electron chi connectivity index (χ2n) is 3.98. The van der Waals surface area contributed by atoms with Crippen LogP contribution in [0, 0.1) is 11.8 Å². The molecule has 0 heterocycles. The molecule has 2 aromatic rings. The maximum atomic E-state index is 11.9. The van der Waals surface area contributed by atoms with Crippen molar-refractivity contribution in [2.24, 2.45) is 0 Å². The molecule has 0 fully saturated rings. The monoisotopic (exact) mass is 286 g/mol. The zero-order valence-electron chi connectivity index (χ0n) is 10.7. The Labute approximate surface area is 121 Å². The van der Waals surface area contributed by atoms with Crippen molar-refractivity contribution in [1.82, 2.24) is 0 Å². The van der Waals surface area contributed by atoms with E-state index in [0.717, 1.165) is 0 Å². The molecular weight excluding hydrogens is 276 g/mol. The van der Waals surface area contributed by atoms with E-state index >= 15 is 0 Å². The second kappa shape index (κ2) is 6.14. The summed E-state index contributed by atoms with van der Waals surface area (Å²) in [4.78, 5) is 11.9. The first-order valence-corrected chi connectivity index (χ1v) is 6.17. The molecule has 2 rings (SSSR count). The minimum absolute atomic E-state index is 0.0271. The van der Waals surface area contributed by atoms with E-state index in [2.05, 4.69) is 11.8 Å². The number of benzene rings is 2. The molecule has 4 heteroatoms. The van der Waals surface area contributed by atoms with Gasteiger partial charge >= 0.3 is 0 Å². The number of phenolic OH excluding ortho intramolecular Hbond substituents is 1. The van der Waals surface area contributed by atoms with Crippen molar-refractivity contribution in [3.05, 3.63) is 58.6 Å². The van der Waals surface area contributed by atoms with Crippen LogP contribution in [-0.4, -0.2) is 18.0 Å². The van der Waals surface area contributed by atoms with Crippen LogP contribution < -0.4 is 4.74 Å². The van der Waals surface area contributed by atoms with Gasteiger partial charge in [0.05, 0.1) is 7.11 Å². The van der Waals surface area contributed by atoms with Crippen molar-refractivity contribution in [2.45, 2.75) is 0 Å². The van der Waals surface area contributed by atoms with Crippen LogP contribution in [-0.2, 0) is 0 Å². The standard InChI is InChI=1S/C16H11ClO3/c1-20-16-9-11(6-8-15(16)19)5-7-14(18)12-3-2-4-13(17)10-12/h2-4,6,8-10,19H,1H3. The van der Waals surface area contributed by atoms with Crippen molar-refractivity contribution in [1.29, 1.82) is 0 Å². The average molecular weight is 287 g/mol. The number of phenols is 1. The maximum absolute atomic E-state index is 11.9. The lowest BCUT2D eigenvalue weighted by Gasteiger charge is -2.02.